The van der Waals surface area contributed by atoms with Crippen LogP contribution in [0.25, 0.3) is 5.65 Å². The van der Waals surface area contributed by atoms with Gasteiger partial charge in [-0.15, -0.1) is 36.0 Å². The molecule has 0 spiro atoms. The first kappa shape index (κ1) is 29.7. The first-order valence-corrected chi connectivity index (χ1v) is 13.4. The number of fused-ring (bicyclic) bond motifs is 1. The van der Waals surface area contributed by atoms with Gasteiger partial charge in [-0.05, 0) is 54.1 Å². The second-order valence-electron chi connectivity index (χ2n) is 11.5. The molecule has 0 unspecified atom stereocenters. The van der Waals surface area contributed by atoms with Crippen molar-refractivity contribution < 1.29 is 30.5 Å². The maximum Gasteiger partial charge on any atom is 0.219 e. The number of imidazole rings is 1. The van der Waals surface area contributed by atoms with Crippen molar-refractivity contribution >= 4 is 11.3 Å². The summed E-state index contributed by atoms with van der Waals surface area (Å²) in [5, 5.41) is 0. The van der Waals surface area contributed by atoms with Gasteiger partial charge in [0.05, 0.1) is 11.3 Å². The fourth-order valence-electron chi connectivity index (χ4n) is 4.59. The minimum atomic E-state index is -0.0361. The number of pyridine rings is 2. The van der Waals surface area contributed by atoms with Gasteiger partial charge in [-0.25, -0.2) is 4.98 Å². The molecule has 0 N–H and O–H groups in total. The summed E-state index contributed by atoms with van der Waals surface area (Å²) in [5.41, 5.74) is 4.85. The zero-order chi connectivity index (χ0) is 27.9. The van der Waals surface area contributed by atoms with Crippen LogP contribution in [0, 0.1) is 18.8 Å². The Hall–Kier alpha value is -3.31. The predicted molar refractivity (Wildman–Crippen MR) is 154 cm³/mol. The van der Waals surface area contributed by atoms with E-state index in [2.05, 4.69) is 65.6 Å². The second kappa shape index (κ2) is 11.7. The number of hydrogen-bond acceptors (Lipinski definition) is 6. The van der Waals surface area contributed by atoms with Gasteiger partial charge < -0.3 is 19.3 Å². The molecule has 0 radical (unpaired) electrons. The van der Waals surface area contributed by atoms with E-state index in [1.165, 1.54) is 0 Å². The van der Waals surface area contributed by atoms with Crippen LogP contribution in [-0.4, -0.2) is 26.3 Å². The molecule has 4 heterocycles. The molecule has 0 bridgehead atoms. The Labute approximate surface area is 252 Å². The summed E-state index contributed by atoms with van der Waals surface area (Å²) in [6.07, 6.45) is 5.74. The Bertz CT molecular complexity index is 1520. The van der Waals surface area contributed by atoms with Crippen LogP contribution in [0.3, 0.4) is 0 Å². The molecule has 7 nitrogen and oxygen atoms in total. The Kier molecular flexibility index (Phi) is 8.65. The Morgan fingerprint density at radius 2 is 1.70 bits per heavy atom. The van der Waals surface area contributed by atoms with Gasteiger partial charge >= 0.3 is 0 Å². The number of anilines is 1. The third kappa shape index (κ3) is 6.20. The molecule has 8 heteroatoms. The zero-order valence-electron chi connectivity index (χ0n) is 24.3. The van der Waals surface area contributed by atoms with Crippen molar-refractivity contribution in [3.63, 3.8) is 0 Å². The van der Waals surface area contributed by atoms with Crippen LogP contribution >= 0.6 is 0 Å². The summed E-state index contributed by atoms with van der Waals surface area (Å²) in [6.45, 7) is 17.1. The molecule has 0 atom stereocenters. The summed E-state index contributed by atoms with van der Waals surface area (Å²) in [5.74, 6) is 2.52. The standard InChI is InChI=1S/C32H36N5O2.Pt/c1-21(2)30-31(22(3)4)37-27(34-30)18-26(19-29(37)39-28-16-23(12-13-33-28)32(5,6)7)38-25-11-9-10-24(17-25)36-15-14-35(8)20-36;/h9-16,18,20-22H,1-8H3;/q-3;. The Morgan fingerprint density at radius 3 is 2.35 bits per heavy atom. The molecular weight excluding hydrogens is 681 g/mol. The second-order valence-corrected chi connectivity index (χ2v) is 11.5. The summed E-state index contributed by atoms with van der Waals surface area (Å²) < 4.78 is 14.8. The maximum absolute atomic E-state index is 6.44. The zero-order valence-corrected chi connectivity index (χ0v) is 26.6. The quantitative estimate of drug-likeness (QED) is 0.182. The van der Waals surface area contributed by atoms with Gasteiger partial charge in [0.1, 0.15) is 5.88 Å². The fourth-order valence-corrected chi connectivity index (χ4v) is 4.59. The smallest absolute Gasteiger partial charge is 0.219 e. The Morgan fingerprint density at radius 1 is 0.925 bits per heavy atom. The van der Waals surface area contributed by atoms with Crippen molar-refractivity contribution in [3.8, 4) is 23.3 Å². The number of nitrogens with zero attached hydrogens (tertiary/aromatic N) is 5. The van der Waals surface area contributed by atoms with Gasteiger partial charge in [0, 0.05) is 44.8 Å². The minimum Gasteiger partial charge on any atom is -0.521 e. The Balaban J connectivity index is 0.00000370. The normalized spacial score (nSPS) is 13.4. The molecule has 0 saturated heterocycles. The van der Waals surface area contributed by atoms with Gasteiger partial charge in [0.25, 0.3) is 0 Å². The molecule has 1 aliphatic rings. The van der Waals surface area contributed by atoms with Crippen LogP contribution in [0.4, 0.5) is 5.69 Å². The van der Waals surface area contributed by atoms with Crippen LogP contribution in [-0.2, 0) is 26.5 Å². The van der Waals surface area contributed by atoms with Gasteiger partial charge in [0.2, 0.25) is 5.88 Å². The number of aromatic nitrogens is 3. The van der Waals surface area contributed by atoms with E-state index >= 15 is 0 Å². The molecule has 0 aliphatic carbocycles. The maximum atomic E-state index is 6.44. The van der Waals surface area contributed by atoms with Crippen LogP contribution in [0.15, 0.2) is 55.0 Å². The van der Waals surface area contributed by atoms with Crippen LogP contribution in [0.5, 0.6) is 23.3 Å². The molecule has 5 rings (SSSR count). The topological polar surface area (TPSA) is 55.1 Å². The molecular formula is C32H36N5O2Pt-3. The third-order valence-electron chi connectivity index (χ3n) is 6.58. The van der Waals surface area contributed by atoms with Crippen molar-refractivity contribution in [1.82, 2.24) is 19.3 Å². The van der Waals surface area contributed by atoms with Crippen LogP contribution in [0.1, 0.15) is 77.3 Å². The molecule has 1 aliphatic heterocycles. The summed E-state index contributed by atoms with van der Waals surface area (Å²) in [7, 11) is 1.98. The molecule has 1 aromatic carbocycles. The largest absolute Gasteiger partial charge is 0.521 e. The summed E-state index contributed by atoms with van der Waals surface area (Å²) >= 11 is 0. The number of ether oxygens (including phenoxy) is 2. The van der Waals surface area contributed by atoms with Gasteiger partial charge in [0.15, 0.2) is 0 Å². The van der Waals surface area contributed by atoms with E-state index in [0.717, 1.165) is 28.3 Å². The SMILES string of the molecule is CC(C)c1nc2cc(Oc3[c-]c(N4C=CN(C)[CH-]4)ccc3)[c-]c(Oc3cc(C(C)(C)C)ccn3)n2c1C(C)C.[Pt]. The van der Waals surface area contributed by atoms with Gasteiger partial charge in [-0.3, -0.25) is 9.38 Å². The minimum absolute atomic E-state index is 0. The van der Waals surface area contributed by atoms with E-state index in [1.807, 2.05) is 76.7 Å². The van der Waals surface area contributed by atoms with E-state index in [-0.39, 0.29) is 38.3 Å². The van der Waals surface area contributed by atoms with Crippen molar-refractivity contribution in [1.29, 1.82) is 0 Å². The molecule has 0 saturated carbocycles. The summed E-state index contributed by atoms with van der Waals surface area (Å²) in [6, 6.07) is 18.4. The predicted octanol–water partition coefficient (Wildman–Crippen LogP) is 7.80. The van der Waals surface area contributed by atoms with Crippen molar-refractivity contribution in [3.05, 3.63) is 90.7 Å². The number of benzene rings is 1. The van der Waals surface area contributed by atoms with Crippen LogP contribution < -0.4 is 14.4 Å². The molecule has 4 aromatic rings. The molecule has 214 valence electrons. The van der Waals surface area contributed by atoms with Gasteiger partial charge in [-0.2, -0.15) is 12.7 Å². The van der Waals surface area contributed by atoms with Crippen molar-refractivity contribution in [2.75, 3.05) is 11.9 Å². The van der Waals surface area contributed by atoms with E-state index in [0.29, 0.717) is 23.3 Å². The first-order chi connectivity index (χ1) is 18.5. The van der Waals surface area contributed by atoms with E-state index in [9.17, 15) is 0 Å². The van der Waals surface area contributed by atoms with Crippen molar-refractivity contribution in [2.24, 2.45) is 0 Å². The molecule has 0 amide bonds. The van der Waals surface area contributed by atoms with E-state index < -0.39 is 0 Å². The average Bonchev–Trinajstić information content (AvgIpc) is 3.48. The summed E-state index contributed by atoms with van der Waals surface area (Å²) in [4.78, 5) is 13.5. The number of hydrogen-bond donors (Lipinski definition) is 0. The van der Waals surface area contributed by atoms with Gasteiger partial charge in [-0.1, -0.05) is 48.5 Å². The average molecular weight is 718 g/mol. The molecule has 40 heavy (non-hydrogen) atoms. The van der Waals surface area contributed by atoms with Crippen LogP contribution in [0.2, 0.25) is 0 Å². The third-order valence-corrected chi connectivity index (χ3v) is 6.58. The number of rotatable bonds is 7. The monoisotopic (exact) mass is 717 g/mol. The molecule has 3 aromatic heterocycles. The van der Waals surface area contributed by atoms with Crippen molar-refractivity contribution in [2.45, 2.75) is 65.7 Å². The first-order valence-electron chi connectivity index (χ1n) is 13.4. The fraction of sp³-hybridized carbons (Fsp3) is 0.344. The van der Waals surface area contributed by atoms with E-state index in [1.54, 1.807) is 6.20 Å². The van der Waals surface area contributed by atoms with E-state index in [4.69, 9.17) is 14.5 Å². The molecule has 0 fully saturated rings.